The van der Waals surface area contributed by atoms with Crippen molar-refractivity contribution in [2.75, 3.05) is 39.3 Å². The molecule has 0 aliphatic carbocycles. The van der Waals surface area contributed by atoms with Gasteiger partial charge in [-0.1, -0.05) is 0 Å². The summed E-state index contributed by atoms with van der Waals surface area (Å²) in [7, 11) is 0. The zero-order valence-corrected chi connectivity index (χ0v) is 12.7. The van der Waals surface area contributed by atoms with Gasteiger partial charge in [0.15, 0.2) is 0 Å². The molecule has 0 bridgehead atoms. The first-order chi connectivity index (χ1) is 10.3. The van der Waals surface area contributed by atoms with Gasteiger partial charge in [0.2, 0.25) is 0 Å². The quantitative estimate of drug-likeness (QED) is 0.932. The van der Waals surface area contributed by atoms with Crippen molar-refractivity contribution in [3.8, 4) is 0 Å². The number of thiazole rings is 1. The Balaban J connectivity index is 1.72. The van der Waals surface area contributed by atoms with Gasteiger partial charge in [-0.05, 0) is 31.2 Å². The molecule has 5 nitrogen and oxygen atoms in total. The molecule has 1 aliphatic heterocycles. The van der Waals surface area contributed by atoms with Gasteiger partial charge in [0, 0.05) is 31.7 Å². The molecule has 112 valence electrons. The van der Waals surface area contributed by atoms with E-state index in [2.05, 4.69) is 9.88 Å². The van der Waals surface area contributed by atoms with Gasteiger partial charge in [0.1, 0.15) is 0 Å². The number of aliphatic hydroxyl groups excluding tert-OH is 1. The SMILES string of the molecule is O=C(c1ccc2ncsc2c1)N1CCCN(CCO)CC1. The lowest BCUT2D eigenvalue weighted by molar-refractivity contribution is 0.0760. The molecular formula is C15H19N3O2S. The molecule has 6 heteroatoms. The highest BCUT2D eigenvalue weighted by Gasteiger charge is 2.20. The highest BCUT2D eigenvalue weighted by Crippen LogP contribution is 2.20. The van der Waals surface area contributed by atoms with Crippen LogP contribution in [0.15, 0.2) is 23.7 Å². The van der Waals surface area contributed by atoms with Gasteiger partial charge in [-0.25, -0.2) is 4.98 Å². The van der Waals surface area contributed by atoms with E-state index >= 15 is 0 Å². The molecule has 3 rings (SSSR count). The van der Waals surface area contributed by atoms with Gasteiger partial charge < -0.3 is 10.0 Å². The van der Waals surface area contributed by atoms with E-state index in [1.54, 1.807) is 16.8 Å². The second kappa shape index (κ2) is 6.51. The number of carbonyl (C=O) groups is 1. The summed E-state index contributed by atoms with van der Waals surface area (Å²) < 4.78 is 1.05. The molecule has 21 heavy (non-hydrogen) atoms. The first kappa shape index (κ1) is 14.4. The number of aliphatic hydroxyl groups is 1. The Labute approximate surface area is 127 Å². The minimum absolute atomic E-state index is 0.0937. The highest BCUT2D eigenvalue weighted by atomic mass is 32.1. The Bertz CT molecular complexity index is 628. The molecular weight excluding hydrogens is 286 g/mol. The number of amides is 1. The van der Waals surface area contributed by atoms with Crippen LogP contribution in [0.3, 0.4) is 0 Å². The molecule has 0 radical (unpaired) electrons. The molecule has 2 aromatic rings. The van der Waals surface area contributed by atoms with Gasteiger partial charge in [0.25, 0.3) is 5.91 Å². The topological polar surface area (TPSA) is 56.7 Å². The van der Waals surface area contributed by atoms with Crippen LogP contribution >= 0.6 is 11.3 Å². The number of fused-ring (bicyclic) bond motifs is 1. The van der Waals surface area contributed by atoms with E-state index in [1.807, 2.05) is 23.1 Å². The number of nitrogens with zero attached hydrogens (tertiary/aromatic N) is 3. The Morgan fingerprint density at radius 3 is 3.05 bits per heavy atom. The minimum atomic E-state index is 0.0937. The summed E-state index contributed by atoms with van der Waals surface area (Å²) in [5.41, 5.74) is 3.49. The molecule has 2 heterocycles. The molecule has 1 saturated heterocycles. The van der Waals surface area contributed by atoms with Crippen molar-refractivity contribution >= 4 is 27.5 Å². The molecule has 0 atom stereocenters. The predicted octanol–water partition coefficient (Wildman–Crippen LogP) is 1.44. The monoisotopic (exact) mass is 305 g/mol. The van der Waals surface area contributed by atoms with Crippen molar-refractivity contribution in [2.24, 2.45) is 0 Å². The van der Waals surface area contributed by atoms with Gasteiger partial charge in [0.05, 0.1) is 22.3 Å². The fourth-order valence-corrected chi connectivity index (χ4v) is 3.43. The zero-order valence-electron chi connectivity index (χ0n) is 11.9. The first-order valence-corrected chi connectivity index (χ1v) is 8.11. The van der Waals surface area contributed by atoms with Crippen molar-refractivity contribution in [3.63, 3.8) is 0 Å². The Kier molecular flexibility index (Phi) is 4.48. The van der Waals surface area contributed by atoms with Gasteiger partial charge in [-0.3, -0.25) is 9.69 Å². The average molecular weight is 305 g/mol. The summed E-state index contributed by atoms with van der Waals surface area (Å²) in [5, 5.41) is 9.02. The van der Waals surface area contributed by atoms with E-state index < -0.39 is 0 Å². The smallest absolute Gasteiger partial charge is 0.253 e. The van der Waals surface area contributed by atoms with Crippen molar-refractivity contribution in [2.45, 2.75) is 6.42 Å². The highest BCUT2D eigenvalue weighted by molar-refractivity contribution is 7.16. The van der Waals surface area contributed by atoms with Crippen LogP contribution in [0.5, 0.6) is 0 Å². The van der Waals surface area contributed by atoms with Crippen LogP contribution in [0.25, 0.3) is 10.2 Å². The van der Waals surface area contributed by atoms with Crippen LogP contribution in [0.1, 0.15) is 16.8 Å². The molecule has 1 fully saturated rings. The number of hydrogen-bond donors (Lipinski definition) is 1. The third-order valence-electron chi connectivity index (χ3n) is 3.87. The molecule has 1 aromatic carbocycles. The normalized spacial score (nSPS) is 17.1. The van der Waals surface area contributed by atoms with Gasteiger partial charge >= 0.3 is 0 Å². The van der Waals surface area contributed by atoms with Crippen molar-refractivity contribution in [3.05, 3.63) is 29.3 Å². The average Bonchev–Trinajstić information content (AvgIpc) is 2.85. The Hall–Kier alpha value is -1.50. The summed E-state index contributed by atoms with van der Waals surface area (Å²) in [5.74, 6) is 0.0937. The van der Waals surface area contributed by atoms with E-state index in [9.17, 15) is 4.79 Å². The fourth-order valence-electron chi connectivity index (χ4n) is 2.71. The second-order valence-corrected chi connectivity index (χ2v) is 6.13. The molecule has 1 N–H and O–H groups in total. The van der Waals surface area contributed by atoms with Crippen LogP contribution in [0.2, 0.25) is 0 Å². The number of β-amino-alcohol motifs (C(OH)–C–C–N with tert-alkyl or cyclic N) is 1. The lowest BCUT2D eigenvalue weighted by Gasteiger charge is -2.21. The molecule has 1 aliphatic rings. The molecule has 0 spiro atoms. The summed E-state index contributed by atoms with van der Waals surface area (Å²) in [6.07, 6.45) is 0.953. The largest absolute Gasteiger partial charge is 0.395 e. The summed E-state index contributed by atoms with van der Waals surface area (Å²) in [6.45, 7) is 4.14. The number of hydrogen-bond acceptors (Lipinski definition) is 5. The van der Waals surface area contributed by atoms with Gasteiger partial charge in [-0.15, -0.1) is 11.3 Å². The van der Waals surface area contributed by atoms with Crippen LogP contribution in [-0.2, 0) is 0 Å². The maximum absolute atomic E-state index is 12.6. The lowest BCUT2D eigenvalue weighted by Crippen LogP contribution is -2.35. The summed E-state index contributed by atoms with van der Waals surface area (Å²) in [6, 6.07) is 5.71. The molecule has 0 unspecified atom stereocenters. The fraction of sp³-hybridized carbons (Fsp3) is 0.467. The van der Waals surface area contributed by atoms with Crippen LogP contribution in [-0.4, -0.2) is 65.1 Å². The third kappa shape index (κ3) is 3.23. The van der Waals surface area contributed by atoms with Crippen LogP contribution < -0.4 is 0 Å². The Morgan fingerprint density at radius 2 is 2.19 bits per heavy atom. The number of rotatable bonds is 3. The van der Waals surface area contributed by atoms with Crippen molar-refractivity contribution < 1.29 is 9.90 Å². The number of carbonyl (C=O) groups excluding carboxylic acids is 1. The zero-order chi connectivity index (χ0) is 14.7. The van der Waals surface area contributed by atoms with E-state index in [1.165, 1.54) is 0 Å². The van der Waals surface area contributed by atoms with E-state index in [-0.39, 0.29) is 12.5 Å². The van der Waals surface area contributed by atoms with E-state index in [0.717, 1.165) is 48.4 Å². The van der Waals surface area contributed by atoms with Crippen molar-refractivity contribution in [1.29, 1.82) is 0 Å². The standard InChI is InChI=1S/C15H19N3O2S/c19-9-8-17-4-1-5-18(7-6-17)15(20)12-2-3-13-14(10-12)21-11-16-13/h2-3,10-11,19H,1,4-9H2. The van der Waals surface area contributed by atoms with Gasteiger partial charge in [-0.2, -0.15) is 0 Å². The summed E-state index contributed by atoms with van der Waals surface area (Å²) >= 11 is 1.56. The molecule has 1 amide bonds. The number of aromatic nitrogens is 1. The summed E-state index contributed by atoms with van der Waals surface area (Å²) in [4.78, 5) is 21.0. The maximum atomic E-state index is 12.6. The van der Waals surface area contributed by atoms with Crippen LogP contribution in [0, 0.1) is 0 Å². The van der Waals surface area contributed by atoms with Crippen molar-refractivity contribution in [1.82, 2.24) is 14.8 Å². The number of benzene rings is 1. The molecule has 1 aromatic heterocycles. The van der Waals surface area contributed by atoms with E-state index in [0.29, 0.717) is 6.54 Å². The second-order valence-electron chi connectivity index (χ2n) is 5.25. The third-order valence-corrected chi connectivity index (χ3v) is 4.66. The van der Waals surface area contributed by atoms with Crippen LogP contribution in [0.4, 0.5) is 0 Å². The Morgan fingerprint density at radius 1 is 1.29 bits per heavy atom. The first-order valence-electron chi connectivity index (χ1n) is 7.23. The van der Waals surface area contributed by atoms with E-state index in [4.69, 9.17) is 5.11 Å². The maximum Gasteiger partial charge on any atom is 0.253 e. The minimum Gasteiger partial charge on any atom is -0.395 e. The molecule has 0 saturated carbocycles. The predicted molar refractivity (Wildman–Crippen MR) is 83.7 cm³/mol. The lowest BCUT2D eigenvalue weighted by atomic mass is 10.2.